The van der Waals surface area contributed by atoms with Gasteiger partial charge in [0.1, 0.15) is 11.4 Å². The molecular weight excluding hydrogens is 382 g/mol. The highest BCUT2D eigenvalue weighted by Crippen LogP contribution is 2.37. The number of aryl methyl sites for hydroxylation is 2. The minimum atomic E-state index is 0.564. The van der Waals surface area contributed by atoms with Crippen molar-refractivity contribution in [3.05, 3.63) is 78.2 Å². The lowest BCUT2D eigenvalue weighted by Gasteiger charge is -2.00. The third-order valence-electron chi connectivity index (χ3n) is 4.45. The molecule has 0 saturated heterocycles. The summed E-state index contributed by atoms with van der Waals surface area (Å²) < 4.78 is 8.09. The minimum Gasteiger partial charge on any atom is -0.430 e. The van der Waals surface area contributed by atoms with Gasteiger partial charge in [0.2, 0.25) is 5.82 Å². The molecule has 0 bridgehead atoms. The molecule has 0 aliphatic rings. The molecule has 5 rings (SSSR count). The van der Waals surface area contributed by atoms with Crippen molar-refractivity contribution < 1.29 is 8.93 Å². The Labute approximate surface area is 171 Å². The lowest BCUT2D eigenvalue weighted by atomic mass is 10.1. The summed E-state index contributed by atoms with van der Waals surface area (Å²) in [4.78, 5) is 13.7. The van der Waals surface area contributed by atoms with Crippen molar-refractivity contribution >= 4 is 17.5 Å². The predicted octanol–water partition coefficient (Wildman–Crippen LogP) is 4.63. The Morgan fingerprint density at radius 2 is 1.55 bits per heavy atom. The number of nitrogens with one attached hydrogen (secondary N) is 1. The molecule has 0 amide bonds. The third kappa shape index (κ3) is 3.40. The van der Waals surface area contributed by atoms with Gasteiger partial charge in [-0.1, -0.05) is 70.6 Å². The fourth-order valence-corrected chi connectivity index (χ4v) is 4.07. The smallest absolute Gasteiger partial charge is 0.430 e. The highest BCUT2D eigenvalue weighted by molar-refractivity contribution is 7.98. The summed E-state index contributed by atoms with van der Waals surface area (Å²) in [6, 6.07) is 22.1. The number of oxazole rings is 1. The second kappa shape index (κ2) is 7.18. The molecule has 3 heterocycles. The molecule has 0 saturated carbocycles. The zero-order chi connectivity index (χ0) is 19.8. The maximum atomic E-state index is 6.24. The van der Waals surface area contributed by atoms with Crippen LogP contribution in [-0.2, 0) is 0 Å². The second-order valence-electron chi connectivity index (χ2n) is 6.67. The lowest BCUT2D eigenvalue weighted by Crippen LogP contribution is -2.27. The van der Waals surface area contributed by atoms with Gasteiger partial charge in [-0.3, -0.25) is 0 Å². The fraction of sp³-hybridized carbons (Fsp3) is 0.0909. The van der Waals surface area contributed by atoms with Crippen LogP contribution in [0.25, 0.3) is 28.4 Å². The first kappa shape index (κ1) is 17.6. The minimum absolute atomic E-state index is 0.564. The maximum absolute atomic E-state index is 6.24. The first-order chi connectivity index (χ1) is 14.2. The van der Waals surface area contributed by atoms with Gasteiger partial charge >= 0.3 is 5.78 Å². The molecule has 0 spiro atoms. The van der Waals surface area contributed by atoms with Crippen molar-refractivity contribution in [3.63, 3.8) is 0 Å². The van der Waals surface area contributed by atoms with Crippen LogP contribution in [0.15, 0.2) is 81.4 Å². The summed E-state index contributed by atoms with van der Waals surface area (Å²) in [5, 5.41) is 4.69. The summed E-state index contributed by atoms with van der Waals surface area (Å²) in [6.45, 7) is 3.86. The number of hydrogen-bond donors (Lipinski definition) is 1. The van der Waals surface area contributed by atoms with Gasteiger partial charge in [0.25, 0.3) is 5.22 Å². The normalized spacial score (nSPS) is 11.2. The standard InChI is InChI=1S/C22H17N5OS/c1-14-13-18(27-21(23-14)24-15(2)26-27)29-22-25-19(16-9-5-3-6-10-16)20(28-22)17-11-7-4-8-12-17/h3-13H,1-2H3/p+1. The Kier molecular flexibility index (Phi) is 4.37. The number of nitrogens with zero attached hydrogens (tertiary/aromatic N) is 4. The van der Waals surface area contributed by atoms with Gasteiger partial charge in [-0.2, -0.15) is 0 Å². The molecule has 5 aromatic rings. The average Bonchev–Trinajstić information content (AvgIpc) is 3.32. The van der Waals surface area contributed by atoms with Crippen LogP contribution in [0.3, 0.4) is 0 Å². The Balaban J connectivity index is 1.63. The predicted molar refractivity (Wildman–Crippen MR) is 111 cm³/mol. The van der Waals surface area contributed by atoms with Crippen LogP contribution >= 0.6 is 11.8 Å². The number of rotatable bonds is 4. The van der Waals surface area contributed by atoms with E-state index in [0.29, 0.717) is 11.0 Å². The van der Waals surface area contributed by atoms with Gasteiger partial charge in [0, 0.05) is 35.9 Å². The Hall–Kier alpha value is -3.45. The zero-order valence-corrected chi connectivity index (χ0v) is 16.8. The van der Waals surface area contributed by atoms with E-state index in [4.69, 9.17) is 9.40 Å². The van der Waals surface area contributed by atoms with Crippen LogP contribution in [0.5, 0.6) is 0 Å². The lowest BCUT2D eigenvalue weighted by molar-refractivity contribution is -0.620. The van der Waals surface area contributed by atoms with Crippen molar-refractivity contribution in [2.75, 3.05) is 0 Å². The first-order valence-corrected chi connectivity index (χ1v) is 10.0. The van der Waals surface area contributed by atoms with Crippen LogP contribution in [-0.4, -0.2) is 20.1 Å². The summed E-state index contributed by atoms with van der Waals surface area (Å²) in [7, 11) is 0. The number of benzene rings is 2. The average molecular weight is 400 g/mol. The maximum Gasteiger partial charge on any atom is 0.458 e. The van der Waals surface area contributed by atoms with Crippen molar-refractivity contribution in [1.29, 1.82) is 0 Å². The molecule has 0 aliphatic heterocycles. The van der Waals surface area contributed by atoms with Crippen molar-refractivity contribution in [3.8, 4) is 22.6 Å². The van der Waals surface area contributed by atoms with E-state index >= 15 is 0 Å². The fourth-order valence-electron chi connectivity index (χ4n) is 3.18. The van der Waals surface area contributed by atoms with Crippen molar-refractivity contribution in [1.82, 2.24) is 20.1 Å². The molecule has 0 aliphatic carbocycles. The number of hydrogen-bond acceptors (Lipinski definition) is 5. The third-order valence-corrected chi connectivity index (χ3v) is 5.31. The quantitative estimate of drug-likeness (QED) is 0.352. The van der Waals surface area contributed by atoms with Crippen molar-refractivity contribution in [2.24, 2.45) is 0 Å². The molecule has 2 aromatic carbocycles. The molecule has 29 heavy (non-hydrogen) atoms. The number of aromatic amines is 1. The SMILES string of the molecule is Cc1cc(Sc2nc(-c3ccccc3)c(-c3ccccc3)o2)[n+]2[nH]c(C)nc2n1. The van der Waals surface area contributed by atoms with Crippen LogP contribution in [0, 0.1) is 13.8 Å². The van der Waals surface area contributed by atoms with E-state index in [2.05, 4.69) is 15.1 Å². The molecule has 6 nitrogen and oxygen atoms in total. The number of H-pyrrole nitrogens is 1. The van der Waals surface area contributed by atoms with E-state index in [0.717, 1.165) is 39.1 Å². The summed E-state index contributed by atoms with van der Waals surface area (Å²) >= 11 is 1.44. The molecule has 0 atom stereocenters. The van der Waals surface area contributed by atoms with E-state index in [9.17, 15) is 0 Å². The van der Waals surface area contributed by atoms with Gasteiger partial charge in [-0.15, -0.1) is 4.52 Å². The molecule has 0 radical (unpaired) electrons. The number of fused-ring (bicyclic) bond motifs is 1. The van der Waals surface area contributed by atoms with Gasteiger partial charge in [0.15, 0.2) is 10.8 Å². The highest BCUT2D eigenvalue weighted by atomic mass is 32.2. The summed E-state index contributed by atoms with van der Waals surface area (Å²) in [5.41, 5.74) is 3.72. The van der Waals surface area contributed by atoms with Crippen LogP contribution in [0.2, 0.25) is 0 Å². The van der Waals surface area contributed by atoms with E-state index in [1.165, 1.54) is 11.8 Å². The Bertz CT molecular complexity index is 1240. The van der Waals surface area contributed by atoms with E-state index in [1.54, 1.807) is 0 Å². The molecule has 0 unspecified atom stereocenters. The van der Waals surface area contributed by atoms with Gasteiger partial charge in [-0.05, 0) is 6.92 Å². The zero-order valence-electron chi connectivity index (χ0n) is 16.0. The van der Waals surface area contributed by atoms with E-state index < -0.39 is 0 Å². The topological polar surface area (TPSA) is 71.7 Å². The summed E-state index contributed by atoms with van der Waals surface area (Å²) in [5.74, 6) is 2.18. The molecule has 142 valence electrons. The largest absolute Gasteiger partial charge is 0.458 e. The van der Waals surface area contributed by atoms with Crippen LogP contribution in [0.4, 0.5) is 0 Å². The van der Waals surface area contributed by atoms with Crippen molar-refractivity contribution in [2.45, 2.75) is 24.1 Å². The highest BCUT2D eigenvalue weighted by Gasteiger charge is 2.22. The van der Waals surface area contributed by atoms with Crippen LogP contribution < -0.4 is 4.52 Å². The van der Waals surface area contributed by atoms with Crippen LogP contribution in [0.1, 0.15) is 11.5 Å². The monoisotopic (exact) mass is 400 g/mol. The Morgan fingerprint density at radius 1 is 0.862 bits per heavy atom. The van der Waals surface area contributed by atoms with Gasteiger partial charge < -0.3 is 4.42 Å². The molecule has 3 aromatic heterocycles. The van der Waals surface area contributed by atoms with E-state index in [1.807, 2.05) is 85.1 Å². The summed E-state index contributed by atoms with van der Waals surface area (Å²) in [6.07, 6.45) is 0. The molecule has 1 N–H and O–H groups in total. The second-order valence-corrected chi connectivity index (χ2v) is 7.64. The molecule has 0 fully saturated rings. The first-order valence-electron chi connectivity index (χ1n) is 9.23. The van der Waals surface area contributed by atoms with Gasteiger partial charge in [0.05, 0.1) is 0 Å². The Morgan fingerprint density at radius 3 is 2.28 bits per heavy atom. The molecular formula is C22H18N5OS+. The molecule has 7 heteroatoms. The van der Waals surface area contributed by atoms with E-state index in [-0.39, 0.29) is 0 Å². The van der Waals surface area contributed by atoms with Gasteiger partial charge in [-0.25, -0.2) is 10.1 Å². The number of aromatic nitrogens is 5.